The van der Waals surface area contributed by atoms with Gasteiger partial charge in [0.2, 0.25) is 5.60 Å². The summed E-state index contributed by atoms with van der Waals surface area (Å²) in [7, 11) is 1.36. The van der Waals surface area contributed by atoms with Crippen LogP contribution in [0.25, 0.3) is 0 Å². The van der Waals surface area contributed by atoms with Crippen molar-refractivity contribution in [1.82, 2.24) is 0 Å². The SMILES string of the molecule is CCCCCCCCCCCCCCCCC(OCCCCC)(C(=O)CCC)C(=O)OC. The minimum atomic E-state index is -1.39. The van der Waals surface area contributed by atoms with Gasteiger partial charge in [-0.25, -0.2) is 4.79 Å². The summed E-state index contributed by atoms with van der Waals surface area (Å²) in [5.74, 6) is -0.625. The van der Waals surface area contributed by atoms with Crippen LogP contribution in [0.5, 0.6) is 0 Å². The fraction of sp³-hybridized carbons (Fsp3) is 0.929. The number of carbonyl (C=O) groups is 2. The van der Waals surface area contributed by atoms with E-state index in [-0.39, 0.29) is 5.78 Å². The highest BCUT2D eigenvalue weighted by molar-refractivity contribution is 6.07. The molecule has 1 unspecified atom stereocenters. The highest BCUT2D eigenvalue weighted by Crippen LogP contribution is 2.26. The molecule has 32 heavy (non-hydrogen) atoms. The van der Waals surface area contributed by atoms with Gasteiger partial charge in [0.1, 0.15) is 0 Å². The fourth-order valence-corrected chi connectivity index (χ4v) is 4.33. The van der Waals surface area contributed by atoms with Gasteiger partial charge in [0.15, 0.2) is 5.78 Å². The van der Waals surface area contributed by atoms with Crippen LogP contribution in [0.3, 0.4) is 0 Å². The Morgan fingerprint density at radius 2 is 1.03 bits per heavy atom. The van der Waals surface area contributed by atoms with Crippen LogP contribution in [0.4, 0.5) is 0 Å². The lowest BCUT2D eigenvalue weighted by molar-refractivity contribution is -0.177. The Kier molecular flexibility index (Phi) is 21.3. The van der Waals surface area contributed by atoms with E-state index in [1.165, 1.54) is 77.7 Å². The van der Waals surface area contributed by atoms with Crippen LogP contribution in [0.1, 0.15) is 149 Å². The van der Waals surface area contributed by atoms with Gasteiger partial charge < -0.3 is 9.47 Å². The third kappa shape index (κ3) is 14.3. The lowest BCUT2D eigenvalue weighted by Crippen LogP contribution is -2.50. The summed E-state index contributed by atoms with van der Waals surface area (Å²) < 4.78 is 11.0. The van der Waals surface area contributed by atoms with Gasteiger partial charge in [0.05, 0.1) is 7.11 Å². The van der Waals surface area contributed by atoms with Crippen molar-refractivity contribution in [2.24, 2.45) is 0 Å². The molecule has 0 N–H and O–H groups in total. The molecule has 0 saturated heterocycles. The van der Waals surface area contributed by atoms with E-state index in [1.807, 2.05) is 6.92 Å². The second-order valence-corrected chi connectivity index (χ2v) is 9.39. The maximum Gasteiger partial charge on any atom is 0.345 e. The van der Waals surface area contributed by atoms with E-state index in [2.05, 4.69) is 13.8 Å². The lowest BCUT2D eigenvalue weighted by Gasteiger charge is -2.30. The van der Waals surface area contributed by atoms with Gasteiger partial charge >= 0.3 is 5.97 Å². The zero-order valence-electron chi connectivity index (χ0n) is 22.0. The first-order chi connectivity index (χ1) is 15.6. The molecule has 0 fully saturated rings. The van der Waals surface area contributed by atoms with Crippen molar-refractivity contribution in [2.45, 2.75) is 155 Å². The molecule has 0 aromatic rings. The van der Waals surface area contributed by atoms with Crippen LogP contribution in [-0.4, -0.2) is 31.1 Å². The number of ether oxygens (including phenoxy) is 2. The Morgan fingerprint density at radius 1 is 0.594 bits per heavy atom. The number of rotatable bonds is 24. The van der Waals surface area contributed by atoms with Crippen LogP contribution in [0.15, 0.2) is 0 Å². The molecule has 0 aliphatic carbocycles. The van der Waals surface area contributed by atoms with Crippen molar-refractivity contribution in [1.29, 1.82) is 0 Å². The second-order valence-electron chi connectivity index (χ2n) is 9.39. The van der Waals surface area contributed by atoms with Crippen molar-refractivity contribution in [3.8, 4) is 0 Å². The van der Waals surface area contributed by atoms with Gasteiger partial charge in [-0.1, -0.05) is 117 Å². The molecule has 0 spiro atoms. The average Bonchev–Trinajstić information content (AvgIpc) is 2.80. The molecule has 0 aromatic carbocycles. The van der Waals surface area contributed by atoms with E-state index in [0.29, 0.717) is 25.9 Å². The van der Waals surface area contributed by atoms with Crippen molar-refractivity contribution >= 4 is 11.8 Å². The Bertz CT molecular complexity index is 449. The molecule has 0 amide bonds. The number of ketones is 1. The molecule has 0 aliphatic rings. The summed E-state index contributed by atoms with van der Waals surface area (Å²) in [5, 5.41) is 0. The number of unbranched alkanes of at least 4 members (excludes halogenated alkanes) is 15. The molecule has 4 nitrogen and oxygen atoms in total. The largest absolute Gasteiger partial charge is 0.467 e. The maximum absolute atomic E-state index is 12.9. The number of esters is 1. The molecule has 0 aromatic heterocycles. The zero-order valence-corrected chi connectivity index (χ0v) is 22.0. The normalized spacial score (nSPS) is 13.1. The molecule has 0 saturated carbocycles. The van der Waals surface area contributed by atoms with Gasteiger partial charge in [-0.05, 0) is 25.7 Å². The van der Waals surface area contributed by atoms with E-state index < -0.39 is 11.6 Å². The molecule has 190 valence electrons. The number of Topliss-reactive ketones (excluding diaryl/α,β-unsaturated/α-hetero) is 1. The van der Waals surface area contributed by atoms with E-state index in [4.69, 9.17) is 9.47 Å². The highest BCUT2D eigenvalue weighted by Gasteiger charge is 2.46. The molecule has 0 radical (unpaired) electrons. The Balaban J connectivity index is 4.19. The van der Waals surface area contributed by atoms with Crippen LogP contribution >= 0.6 is 0 Å². The summed E-state index contributed by atoms with van der Waals surface area (Å²) in [4.78, 5) is 25.5. The molecule has 0 bridgehead atoms. The van der Waals surface area contributed by atoms with E-state index in [1.54, 1.807) is 0 Å². The third-order valence-electron chi connectivity index (χ3n) is 6.42. The van der Waals surface area contributed by atoms with Crippen molar-refractivity contribution < 1.29 is 19.1 Å². The standard InChI is InChI=1S/C28H54O4/c1-5-8-10-11-12-13-14-15-16-17-18-19-20-21-24-28(27(30)31-4,26(29)23-7-3)32-25-22-9-6-2/h5-25H2,1-4H3. The maximum atomic E-state index is 12.9. The van der Waals surface area contributed by atoms with E-state index in [0.717, 1.165) is 38.5 Å². The Morgan fingerprint density at radius 3 is 1.47 bits per heavy atom. The smallest absolute Gasteiger partial charge is 0.345 e. The summed E-state index contributed by atoms with van der Waals surface area (Å²) in [6, 6.07) is 0. The monoisotopic (exact) mass is 454 g/mol. The predicted octanol–water partition coefficient (Wildman–Crippen LogP) is 8.35. The highest BCUT2D eigenvalue weighted by atomic mass is 16.6. The quantitative estimate of drug-likeness (QED) is 0.0835. The number of methoxy groups -OCH3 is 1. The fourth-order valence-electron chi connectivity index (χ4n) is 4.33. The first-order valence-corrected chi connectivity index (χ1v) is 13.8. The summed E-state index contributed by atoms with van der Waals surface area (Å²) in [6.45, 7) is 6.80. The third-order valence-corrected chi connectivity index (χ3v) is 6.42. The van der Waals surface area contributed by atoms with Crippen LogP contribution in [-0.2, 0) is 19.1 Å². The summed E-state index contributed by atoms with van der Waals surface area (Å²) in [6.07, 6.45) is 22.5. The first kappa shape index (κ1) is 31.1. The number of carbonyl (C=O) groups excluding carboxylic acids is 2. The van der Waals surface area contributed by atoms with E-state index in [9.17, 15) is 9.59 Å². The van der Waals surface area contributed by atoms with Crippen molar-refractivity contribution in [2.75, 3.05) is 13.7 Å². The second kappa shape index (κ2) is 21.9. The molecule has 4 heteroatoms. The number of hydrogen-bond donors (Lipinski definition) is 0. The topological polar surface area (TPSA) is 52.6 Å². The van der Waals surface area contributed by atoms with Gasteiger partial charge in [-0.3, -0.25) is 4.79 Å². The Hall–Kier alpha value is -0.900. The van der Waals surface area contributed by atoms with Crippen LogP contribution in [0, 0.1) is 0 Å². The molecular formula is C28H54O4. The predicted molar refractivity (Wildman–Crippen MR) is 135 cm³/mol. The Labute approximate surface area is 199 Å². The first-order valence-electron chi connectivity index (χ1n) is 13.8. The van der Waals surface area contributed by atoms with Crippen LogP contribution < -0.4 is 0 Å². The molecular weight excluding hydrogens is 400 g/mol. The van der Waals surface area contributed by atoms with Crippen molar-refractivity contribution in [3.05, 3.63) is 0 Å². The minimum Gasteiger partial charge on any atom is -0.467 e. The van der Waals surface area contributed by atoms with Gasteiger partial charge in [-0.2, -0.15) is 0 Å². The van der Waals surface area contributed by atoms with Gasteiger partial charge in [0.25, 0.3) is 0 Å². The number of hydrogen-bond acceptors (Lipinski definition) is 4. The minimum absolute atomic E-state index is 0.113. The molecule has 0 aliphatic heterocycles. The molecule has 0 rings (SSSR count). The van der Waals surface area contributed by atoms with E-state index >= 15 is 0 Å². The zero-order chi connectivity index (χ0) is 23.9. The van der Waals surface area contributed by atoms with Crippen LogP contribution in [0.2, 0.25) is 0 Å². The van der Waals surface area contributed by atoms with Gasteiger partial charge in [0, 0.05) is 13.0 Å². The average molecular weight is 455 g/mol. The summed E-state index contributed by atoms with van der Waals surface area (Å²) >= 11 is 0. The molecule has 1 atom stereocenters. The summed E-state index contributed by atoms with van der Waals surface area (Å²) in [5.41, 5.74) is -1.39. The molecule has 0 heterocycles. The van der Waals surface area contributed by atoms with Gasteiger partial charge in [-0.15, -0.1) is 0 Å². The lowest BCUT2D eigenvalue weighted by atomic mass is 9.88. The van der Waals surface area contributed by atoms with Crippen molar-refractivity contribution in [3.63, 3.8) is 0 Å².